The summed E-state index contributed by atoms with van der Waals surface area (Å²) in [5, 5.41) is 10.9. The van der Waals surface area contributed by atoms with Gasteiger partial charge in [0.15, 0.2) is 0 Å². The van der Waals surface area contributed by atoms with Gasteiger partial charge in [-0.1, -0.05) is 115 Å². The second-order valence-electron chi connectivity index (χ2n) is 17.6. The molecule has 0 unspecified atom stereocenters. The fourth-order valence-electron chi connectivity index (χ4n) is 11.5. The van der Waals surface area contributed by atoms with Crippen LogP contribution < -0.4 is 0 Å². The molecule has 0 radical (unpaired) electrons. The Morgan fingerprint density at radius 3 is 1.17 bits per heavy atom. The van der Waals surface area contributed by atoms with Crippen LogP contribution in [-0.4, -0.2) is 18.3 Å². The molecule has 0 atom stereocenters. The first-order chi connectivity index (χ1) is 32.2. The predicted octanol–water partition coefficient (Wildman–Crippen LogP) is 15.8. The van der Waals surface area contributed by atoms with Gasteiger partial charge in [-0.15, -0.1) is 0 Å². The monoisotopic (exact) mass is 830 g/mol. The van der Waals surface area contributed by atoms with Crippen LogP contribution in [0.5, 0.6) is 0 Å². The molecule has 304 valence electrons. The maximum Gasteiger partial charge on any atom is 0.135 e. The number of hydrogen-bond acceptors (Lipinski definition) is 1. The van der Waals surface area contributed by atoms with Crippen molar-refractivity contribution in [3.8, 4) is 22.7 Å². The highest BCUT2D eigenvalue weighted by Gasteiger charge is 2.22. The van der Waals surface area contributed by atoms with Crippen molar-refractivity contribution in [2.75, 3.05) is 0 Å². The molecular weight excluding hydrogens is 793 g/mol. The standard InChI is InChI=1S/C60H38N4O/c1-7-19-51-41(13-1)42-14-2-8-20-52(42)61(51)39-25-29-47-45-17-5-11-23-55(45)63(57(47)35-39)37-27-31-59-49(33-37)50-34-38(28-32-60(50)65-59)64-56-24-12-6-18-46(56)48-30-26-40(36-58(48)64)62-53-21-9-3-15-43(53)44-16-4-10-22-54(44)62/h1-9,11-21,23-36H,10,22H2. The van der Waals surface area contributed by atoms with Crippen LogP contribution in [-0.2, 0) is 6.42 Å². The first-order valence-electron chi connectivity index (χ1n) is 22.6. The summed E-state index contributed by atoms with van der Waals surface area (Å²) in [5.74, 6) is 0. The summed E-state index contributed by atoms with van der Waals surface area (Å²) in [7, 11) is 0. The molecule has 15 rings (SSSR count). The van der Waals surface area contributed by atoms with Crippen molar-refractivity contribution >= 4 is 104 Å². The van der Waals surface area contributed by atoms with E-state index >= 15 is 0 Å². The van der Waals surface area contributed by atoms with E-state index in [9.17, 15) is 0 Å². The smallest absolute Gasteiger partial charge is 0.135 e. The van der Waals surface area contributed by atoms with Crippen molar-refractivity contribution in [1.29, 1.82) is 0 Å². The van der Waals surface area contributed by atoms with Gasteiger partial charge in [-0.3, -0.25) is 0 Å². The van der Waals surface area contributed by atoms with Crippen LogP contribution in [0.15, 0.2) is 205 Å². The molecule has 5 aromatic heterocycles. The fraction of sp³-hybridized carbons (Fsp3) is 0.0333. The third kappa shape index (κ3) is 4.81. The van der Waals surface area contributed by atoms with Gasteiger partial charge in [-0.2, -0.15) is 0 Å². The maximum absolute atomic E-state index is 6.63. The molecule has 0 saturated carbocycles. The van der Waals surface area contributed by atoms with Gasteiger partial charge < -0.3 is 22.7 Å². The van der Waals surface area contributed by atoms with Gasteiger partial charge in [-0.25, -0.2) is 0 Å². The van der Waals surface area contributed by atoms with Crippen molar-refractivity contribution in [3.63, 3.8) is 0 Å². The SMILES string of the molecule is C1=Cc2c(n(-c3ccc4c5ccccc5n(-c5ccc6oc7ccc(-n8c9ccccc9c9ccc(-n%10c%11ccccc%11c%11ccccc%11%10)cc98)cc7c6c5)c4c3)c3ccccc23)CC1. The van der Waals surface area contributed by atoms with E-state index < -0.39 is 0 Å². The molecule has 0 spiro atoms. The van der Waals surface area contributed by atoms with Crippen molar-refractivity contribution in [1.82, 2.24) is 18.3 Å². The van der Waals surface area contributed by atoms with Crippen molar-refractivity contribution in [2.24, 2.45) is 0 Å². The van der Waals surface area contributed by atoms with Crippen molar-refractivity contribution < 1.29 is 4.42 Å². The topological polar surface area (TPSA) is 32.9 Å². The Morgan fingerprint density at radius 1 is 0.308 bits per heavy atom. The van der Waals surface area contributed by atoms with E-state index in [1.54, 1.807) is 0 Å². The zero-order chi connectivity index (χ0) is 42.3. The zero-order valence-electron chi connectivity index (χ0n) is 35.2. The molecule has 0 saturated heterocycles. The van der Waals surface area contributed by atoms with E-state index in [0.29, 0.717) is 0 Å². The summed E-state index contributed by atoms with van der Waals surface area (Å²) in [4.78, 5) is 0. The van der Waals surface area contributed by atoms with Crippen LogP contribution in [0.3, 0.4) is 0 Å². The van der Waals surface area contributed by atoms with E-state index in [0.717, 1.165) is 57.4 Å². The minimum atomic E-state index is 0.871. The molecule has 14 aromatic rings. The number of benzene rings is 9. The molecule has 1 aliphatic rings. The third-order valence-electron chi connectivity index (χ3n) is 14.2. The number of fused-ring (bicyclic) bond motifs is 15. The molecule has 5 heterocycles. The van der Waals surface area contributed by atoms with Gasteiger partial charge in [0.05, 0.1) is 38.6 Å². The Balaban J connectivity index is 0.934. The van der Waals surface area contributed by atoms with Crippen LogP contribution in [0.2, 0.25) is 0 Å². The summed E-state index contributed by atoms with van der Waals surface area (Å²) < 4.78 is 16.4. The number of para-hydroxylation sites is 5. The highest BCUT2D eigenvalue weighted by Crippen LogP contribution is 2.41. The summed E-state index contributed by atoms with van der Waals surface area (Å²) in [5.41, 5.74) is 17.3. The molecular formula is C60H38N4O. The van der Waals surface area contributed by atoms with Gasteiger partial charge in [-0.05, 0) is 104 Å². The number of furan rings is 1. The Hall–Kier alpha value is -8.54. The lowest BCUT2D eigenvalue weighted by molar-refractivity contribution is 0.669. The molecule has 1 aliphatic carbocycles. The second-order valence-corrected chi connectivity index (χ2v) is 17.6. The normalized spacial score (nSPS) is 13.0. The quantitative estimate of drug-likeness (QED) is 0.174. The maximum atomic E-state index is 6.63. The van der Waals surface area contributed by atoms with Gasteiger partial charge >= 0.3 is 0 Å². The van der Waals surface area contributed by atoms with Crippen LogP contribution >= 0.6 is 0 Å². The van der Waals surface area contributed by atoms with Crippen LogP contribution in [0.1, 0.15) is 17.7 Å². The van der Waals surface area contributed by atoms with Crippen LogP contribution in [0.4, 0.5) is 0 Å². The number of nitrogens with zero attached hydrogens (tertiary/aromatic N) is 4. The van der Waals surface area contributed by atoms with Crippen molar-refractivity contribution in [3.05, 3.63) is 211 Å². The first kappa shape index (κ1) is 35.0. The van der Waals surface area contributed by atoms with Gasteiger partial charge in [0, 0.05) is 82.5 Å². The number of hydrogen-bond donors (Lipinski definition) is 0. The van der Waals surface area contributed by atoms with E-state index in [1.165, 1.54) is 87.7 Å². The van der Waals surface area contributed by atoms with Gasteiger partial charge in [0.2, 0.25) is 0 Å². The molecule has 5 heteroatoms. The average molecular weight is 831 g/mol. The van der Waals surface area contributed by atoms with E-state index in [2.05, 4.69) is 225 Å². The molecule has 0 fully saturated rings. The van der Waals surface area contributed by atoms with Crippen LogP contribution in [0.25, 0.3) is 127 Å². The average Bonchev–Trinajstić information content (AvgIpc) is 4.16. The fourth-order valence-corrected chi connectivity index (χ4v) is 11.5. The van der Waals surface area contributed by atoms with Crippen molar-refractivity contribution in [2.45, 2.75) is 12.8 Å². The van der Waals surface area contributed by atoms with Gasteiger partial charge in [0.1, 0.15) is 11.2 Å². The van der Waals surface area contributed by atoms with E-state index in [4.69, 9.17) is 4.42 Å². The predicted molar refractivity (Wildman–Crippen MR) is 271 cm³/mol. The summed E-state index contributed by atoms with van der Waals surface area (Å²) in [6.45, 7) is 0. The number of allylic oxidation sites excluding steroid dienone is 1. The van der Waals surface area contributed by atoms with E-state index in [-0.39, 0.29) is 0 Å². The largest absolute Gasteiger partial charge is 0.456 e. The Morgan fingerprint density at radius 2 is 0.677 bits per heavy atom. The molecule has 9 aromatic carbocycles. The minimum Gasteiger partial charge on any atom is -0.456 e. The lowest BCUT2D eigenvalue weighted by atomic mass is 10.0. The van der Waals surface area contributed by atoms with E-state index in [1.807, 2.05) is 0 Å². The Kier molecular flexibility index (Phi) is 7.00. The first-order valence-corrected chi connectivity index (χ1v) is 22.6. The van der Waals surface area contributed by atoms with Gasteiger partial charge in [0.25, 0.3) is 0 Å². The molecule has 0 aliphatic heterocycles. The molecule has 5 nitrogen and oxygen atoms in total. The highest BCUT2D eigenvalue weighted by molar-refractivity contribution is 6.14. The zero-order valence-corrected chi connectivity index (χ0v) is 35.2. The molecule has 0 N–H and O–H groups in total. The summed E-state index contributed by atoms with van der Waals surface area (Å²) in [6.07, 6.45) is 6.69. The minimum absolute atomic E-state index is 0.871. The summed E-state index contributed by atoms with van der Waals surface area (Å²) in [6, 6.07) is 71.2. The third-order valence-corrected chi connectivity index (χ3v) is 14.2. The summed E-state index contributed by atoms with van der Waals surface area (Å²) >= 11 is 0. The number of aromatic nitrogens is 4. The molecule has 65 heavy (non-hydrogen) atoms. The molecule has 0 amide bonds. The molecule has 0 bridgehead atoms. The lowest BCUT2D eigenvalue weighted by Crippen LogP contribution is -2.03. The lowest BCUT2D eigenvalue weighted by Gasteiger charge is -2.14. The van der Waals surface area contributed by atoms with Crippen LogP contribution in [0, 0.1) is 0 Å². The number of rotatable bonds is 4. The second kappa shape index (κ2) is 13.0. The Labute approximate surface area is 372 Å². The Bertz CT molecular complexity index is 4320. The highest BCUT2D eigenvalue weighted by atomic mass is 16.3.